The summed E-state index contributed by atoms with van der Waals surface area (Å²) >= 11 is 0. The minimum absolute atomic E-state index is 0.247. The molecule has 5 heteroatoms. The Morgan fingerprint density at radius 1 is 1.28 bits per heavy atom. The van der Waals surface area contributed by atoms with Crippen LogP contribution in [0, 0.1) is 0 Å². The molecular formula is C13H26N2O2S. The molecule has 0 aromatic rings. The topological polar surface area (TPSA) is 49.4 Å². The molecule has 0 aromatic heterocycles. The van der Waals surface area contributed by atoms with Crippen LogP contribution in [0.15, 0.2) is 0 Å². The van der Waals surface area contributed by atoms with E-state index in [0.29, 0.717) is 24.4 Å². The van der Waals surface area contributed by atoms with E-state index in [4.69, 9.17) is 0 Å². The van der Waals surface area contributed by atoms with Gasteiger partial charge in [0.15, 0.2) is 9.84 Å². The first-order chi connectivity index (χ1) is 8.49. The van der Waals surface area contributed by atoms with Gasteiger partial charge in [0.25, 0.3) is 0 Å². The quantitative estimate of drug-likeness (QED) is 0.753. The van der Waals surface area contributed by atoms with Crippen molar-refractivity contribution in [3.05, 3.63) is 0 Å². The van der Waals surface area contributed by atoms with E-state index in [1.165, 1.54) is 25.7 Å². The molecule has 1 atom stereocenters. The van der Waals surface area contributed by atoms with E-state index in [0.717, 1.165) is 13.1 Å². The first-order valence-electron chi connectivity index (χ1n) is 7.18. The minimum Gasteiger partial charge on any atom is -0.313 e. The van der Waals surface area contributed by atoms with Crippen LogP contribution in [-0.4, -0.2) is 56.0 Å². The van der Waals surface area contributed by atoms with Crippen molar-refractivity contribution in [3.63, 3.8) is 0 Å². The molecule has 1 saturated carbocycles. The van der Waals surface area contributed by atoms with Crippen LogP contribution in [0.5, 0.6) is 0 Å². The van der Waals surface area contributed by atoms with Gasteiger partial charge in [-0.3, -0.25) is 4.90 Å². The lowest BCUT2D eigenvalue weighted by Gasteiger charge is -2.25. The van der Waals surface area contributed by atoms with E-state index in [1.54, 1.807) is 13.8 Å². The van der Waals surface area contributed by atoms with Crippen LogP contribution in [-0.2, 0) is 9.84 Å². The highest BCUT2D eigenvalue weighted by molar-refractivity contribution is 7.92. The number of nitrogens with one attached hydrogen (secondary N) is 1. The van der Waals surface area contributed by atoms with Gasteiger partial charge in [0, 0.05) is 25.2 Å². The number of sulfone groups is 1. The Kier molecular flexibility index (Phi) is 4.67. The fourth-order valence-electron chi connectivity index (χ4n) is 2.54. The van der Waals surface area contributed by atoms with Gasteiger partial charge < -0.3 is 5.32 Å². The highest BCUT2D eigenvalue weighted by Crippen LogP contribution is 2.27. The second-order valence-corrected chi connectivity index (χ2v) is 8.61. The molecule has 0 amide bonds. The summed E-state index contributed by atoms with van der Waals surface area (Å²) in [5, 5.41) is 3.25. The SMILES string of the molecule is CC(C)S(=O)(=O)CCN(CC1CCCN1)C1CC1. The van der Waals surface area contributed by atoms with Crippen LogP contribution >= 0.6 is 0 Å². The average Bonchev–Trinajstić information content (AvgIpc) is 3.02. The molecular weight excluding hydrogens is 248 g/mol. The molecule has 0 spiro atoms. The number of hydrogen-bond acceptors (Lipinski definition) is 4. The maximum atomic E-state index is 11.9. The number of hydrogen-bond donors (Lipinski definition) is 1. The summed E-state index contributed by atoms with van der Waals surface area (Å²) in [4.78, 5) is 2.39. The maximum Gasteiger partial charge on any atom is 0.153 e. The lowest BCUT2D eigenvalue weighted by molar-refractivity contribution is 0.252. The fraction of sp³-hybridized carbons (Fsp3) is 1.00. The zero-order valence-corrected chi connectivity index (χ0v) is 12.4. The zero-order chi connectivity index (χ0) is 13.2. The minimum atomic E-state index is -2.89. The Morgan fingerprint density at radius 3 is 2.50 bits per heavy atom. The third-order valence-corrected chi connectivity index (χ3v) is 6.25. The molecule has 18 heavy (non-hydrogen) atoms. The van der Waals surface area contributed by atoms with Crippen LogP contribution in [0.1, 0.15) is 39.5 Å². The third kappa shape index (κ3) is 3.93. The predicted octanol–water partition coefficient (Wildman–Crippen LogP) is 1.03. The Morgan fingerprint density at radius 2 is 2.00 bits per heavy atom. The summed E-state index contributed by atoms with van der Waals surface area (Å²) in [6.07, 6.45) is 4.98. The van der Waals surface area contributed by atoms with E-state index < -0.39 is 9.84 Å². The molecule has 0 aromatic carbocycles. The monoisotopic (exact) mass is 274 g/mol. The normalized spacial score (nSPS) is 25.2. The first kappa shape index (κ1) is 14.3. The van der Waals surface area contributed by atoms with E-state index >= 15 is 0 Å². The summed E-state index contributed by atoms with van der Waals surface area (Å²) in [6.45, 7) is 6.40. The van der Waals surface area contributed by atoms with Crippen LogP contribution in [0.25, 0.3) is 0 Å². The Labute approximate surface area is 111 Å². The van der Waals surface area contributed by atoms with Gasteiger partial charge in [0.1, 0.15) is 0 Å². The van der Waals surface area contributed by atoms with E-state index in [2.05, 4.69) is 10.2 Å². The first-order valence-corrected chi connectivity index (χ1v) is 8.89. The Hall–Kier alpha value is -0.130. The van der Waals surface area contributed by atoms with Crippen molar-refractivity contribution in [3.8, 4) is 0 Å². The van der Waals surface area contributed by atoms with Crippen molar-refractivity contribution in [2.75, 3.05) is 25.4 Å². The van der Waals surface area contributed by atoms with Crippen molar-refractivity contribution in [1.82, 2.24) is 10.2 Å². The molecule has 106 valence electrons. The van der Waals surface area contributed by atoms with Crippen molar-refractivity contribution in [2.45, 2.75) is 56.9 Å². The van der Waals surface area contributed by atoms with Crippen molar-refractivity contribution < 1.29 is 8.42 Å². The van der Waals surface area contributed by atoms with Crippen LogP contribution in [0.3, 0.4) is 0 Å². The van der Waals surface area contributed by atoms with E-state index in [-0.39, 0.29) is 5.25 Å². The lowest BCUT2D eigenvalue weighted by atomic mass is 10.2. The molecule has 0 radical (unpaired) electrons. The maximum absolute atomic E-state index is 11.9. The molecule has 2 fully saturated rings. The van der Waals surface area contributed by atoms with Crippen LogP contribution in [0.4, 0.5) is 0 Å². The Bertz CT molecular complexity index is 357. The van der Waals surface area contributed by atoms with Gasteiger partial charge in [-0.15, -0.1) is 0 Å². The highest BCUT2D eigenvalue weighted by Gasteiger charge is 2.32. The molecule has 1 N–H and O–H groups in total. The van der Waals surface area contributed by atoms with Crippen molar-refractivity contribution in [1.29, 1.82) is 0 Å². The van der Waals surface area contributed by atoms with E-state index in [1.807, 2.05) is 0 Å². The van der Waals surface area contributed by atoms with Gasteiger partial charge in [-0.05, 0) is 46.1 Å². The summed E-state index contributed by atoms with van der Waals surface area (Å²) in [6, 6.07) is 1.22. The lowest BCUT2D eigenvalue weighted by Crippen LogP contribution is -2.41. The fourth-order valence-corrected chi connectivity index (χ4v) is 3.50. The molecule has 1 aliphatic carbocycles. The van der Waals surface area contributed by atoms with Gasteiger partial charge in [-0.1, -0.05) is 0 Å². The van der Waals surface area contributed by atoms with Gasteiger partial charge >= 0.3 is 0 Å². The number of nitrogens with zero attached hydrogens (tertiary/aromatic N) is 1. The zero-order valence-electron chi connectivity index (χ0n) is 11.6. The smallest absolute Gasteiger partial charge is 0.153 e. The molecule has 2 rings (SSSR count). The molecule has 4 nitrogen and oxygen atoms in total. The summed E-state index contributed by atoms with van der Waals surface area (Å²) in [7, 11) is -2.89. The average molecular weight is 274 g/mol. The van der Waals surface area contributed by atoms with Gasteiger partial charge in [0.2, 0.25) is 0 Å². The van der Waals surface area contributed by atoms with Crippen molar-refractivity contribution in [2.24, 2.45) is 0 Å². The number of rotatable bonds is 7. The Balaban J connectivity index is 1.83. The van der Waals surface area contributed by atoms with Gasteiger partial charge in [-0.2, -0.15) is 0 Å². The van der Waals surface area contributed by atoms with Crippen molar-refractivity contribution >= 4 is 9.84 Å². The van der Waals surface area contributed by atoms with Gasteiger partial charge in [0.05, 0.1) is 11.0 Å². The molecule has 1 saturated heterocycles. The highest BCUT2D eigenvalue weighted by atomic mass is 32.2. The molecule has 1 heterocycles. The predicted molar refractivity (Wildman–Crippen MR) is 74.5 cm³/mol. The standard InChI is InChI=1S/C13H26N2O2S/c1-11(2)18(16,17)9-8-15(13-5-6-13)10-12-4-3-7-14-12/h11-14H,3-10H2,1-2H3. The van der Waals surface area contributed by atoms with Crippen LogP contribution < -0.4 is 5.32 Å². The van der Waals surface area contributed by atoms with E-state index in [9.17, 15) is 8.42 Å². The summed E-state index contributed by atoms with van der Waals surface area (Å²) in [5.74, 6) is 0.313. The van der Waals surface area contributed by atoms with Crippen LogP contribution in [0.2, 0.25) is 0 Å². The molecule has 2 aliphatic rings. The molecule has 1 unspecified atom stereocenters. The summed E-state index contributed by atoms with van der Waals surface area (Å²) in [5.41, 5.74) is 0. The largest absolute Gasteiger partial charge is 0.313 e. The second kappa shape index (κ2) is 5.88. The van der Waals surface area contributed by atoms with Gasteiger partial charge in [-0.25, -0.2) is 8.42 Å². The molecule has 1 aliphatic heterocycles. The molecule has 0 bridgehead atoms. The second-order valence-electron chi connectivity index (χ2n) is 5.94. The third-order valence-electron chi connectivity index (χ3n) is 4.06. The summed E-state index contributed by atoms with van der Waals surface area (Å²) < 4.78 is 23.7.